The van der Waals surface area contributed by atoms with E-state index < -0.39 is 0 Å². The van der Waals surface area contributed by atoms with Crippen molar-refractivity contribution in [3.05, 3.63) is 39.9 Å². The summed E-state index contributed by atoms with van der Waals surface area (Å²) in [5.41, 5.74) is 4.35. The van der Waals surface area contributed by atoms with E-state index in [1.807, 2.05) is 11.8 Å². The van der Waals surface area contributed by atoms with E-state index in [-0.39, 0.29) is 5.91 Å². The molecule has 1 aromatic heterocycles. The number of rotatable bonds is 3. The molecule has 1 amide bonds. The van der Waals surface area contributed by atoms with Crippen LogP contribution in [0.4, 0.5) is 0 Å². The van der Waals surface area contributed by atoms with Crippen molar-refractivity contribution in [1.29, 1.82) is 0 Å². The maximum Gasteiger partial charge on any atom is 0.265 e. The number of aromatic nitrogens is 1. The number of nitrogens with zero attached hydrogens (tertiary/aromatic N) is 3. The average molecular weight is 353 g/mol. The van der Waals surface area contributed by atoms with Gasteiger partial charge in [0.25, 0.3) is 5.91 Å². The molecule has 0 bridgehead atoms. The predicted molar refractivity (Wildman–Crippen MR) is 103 cm³/mol. The summed E-state index contributed by atoms with van der Waals surface area (Å²) in [6.45, 7) is 9.84. The third-order valence-electron chi connectivity index (χ3n) is 4.58. The van der Waals surface area contributed by atoms with Crippen LogP contribution in [-0.2, 0) is 0 Å². The Bertz CT molecular complexity index is 826. The Morgan fingerprint density at radius 3 is 2.60 bits per heavy atom. The van der Waals surface area contributed by atoms with Gasteiger partial charge in [-0.2, -0.15) is 0 Å². The molecule has 0 spiro atoms. The van der Waals surface area contributed by atoms with Gasteiger partial charge in [0.15, 0.2) is 0 Å². The first-order valence-corrected chi connectivity index (χ1v) is 9.31. The zero-order valence-corrected chi connectivity index (χ0v) is 15.8. The molecule has 4 nitrogen and oxygen atoms in total. The maximum absolute atomic E-state index is 12.9. The van der Waals surface area contributed by atoms with Crippen molar-refractivity contribution in [2.24, 2.45) is 0 Å². The fraction of sp³-hybridized carbons (Fsp3) is 0.400. The molecule has 1 aromatic carbocycles. The molecule has 130 valence electrons. The lowest BCUT2D eigenvalue weighted by atomic mass is 10.1. The number of amides is 1. The molecule has 25 heavy (non-hydrogen) atoms. The molecule has 0 aliphatic carbocycles. The zero-order chi connectivity index (χ0) is 18.0. The lowest BCUT2D eigenvalue weighted by molar-refractivity contribution is 0.0656. The highest BCUT2D eigenvalue weighted by molar-refractivity contribution is 7.17. The van der Waals surface area contributed by atoms with Crippen molar-refractivity contribution < 1.29 is 4.79 Å². The van der Waals surface area contributed by atoms with E-state index in [4.69, 9.17) is 6.42 Å². The summed E-state index contributed by atoms with van der Waals surface area (Å²) in [5, 5.41) is 0.921. The summed E-state index contributed by atoms with van der Waals surface area (Å²) < 4.78 is 0. The van der Waals surface area contributed by atoms with Gasteiger partial charge in [0, 0.05) is 31.7 Å². The van der Waals surface area contributed by atoms with Crippen LogP contribution in [0.3, 0.4) is 0 Å². The molecule has 3 rings (SSSR count). The lowest BCUT2D eigenvalue weighted by Crippen LogP contribution is -2.48. The van der Waals surface area contributed by atoms with E-state index in [0.717, 1.165) is 47.3 Å². The molecule has 2 heterocycles. The van der Waals surface area contributed by atoms with Crippen LogP contribution in [0, 0.1) is 33.1 Å². The highest BCUT2D eigenvalue weighted by atomic mass is 32.1. The molecular weight excluding hydrogens is 330 g/mol. The van der Waals surface area contributed by atoms with Crippen molar-refractivity contribution in [3.63, 3.8) is 0 Å². The highest BCUT2D eigenvalue weighted by Gasteiger charge is 2.25. The standard InChI is InChI=1S/C20H23N3OS/c1-5-8-22-9-11-23(12-10-22)20(24)18-16(4)21-19(25-18)17-7-6-14(2)13-15(17)3/h1,6-7,13H,8-12H2,2-4H3. The topological polar surface area (TPSA) is 36.4 Å². The molecule has 1 aliphatic rings. The normalized spacial score (nSPS) is 15.2. The Balaban J connectivity index is 1.79. The summed E-state index contributed by atoms with van der Waals surface area (Å²) in [7, 11) is 0. The van der Waals surface area contributed by atoms with Crippen LogP contribution in [0.5, 0.6) is 0 Å². The first-order chi connectivity index (χ1) is 12.0. The minimum atomic E-state index is 0.0892. The predicted octanol–water partition coefficient (Wildman–Crippen LogP) is 3.13. The SMILES string of the molecule is C#CCN1CCN(C(=O)c2sc(-c3ccc(C)cc3C)nc2C)CC1. The number of hydrogen-bond acceptors (Lipinski definition) is 4. The number of benzene rings is 1. The minimum Gasteiger partial charge on any atom is -0.335 e. The highest BCUT2D eigenvalue weighted by Crippen LogP contribution is 2.31. The second-order valence-corrected chi connectivity index (χ2v) is 7.52. The van der Waals surface area contributed by atoms with Gasteiger partial charge in [0.1, 0.15) is 9.88 Å². The van der Waals surface area contributed by atoms with Crippen LogP contribution in [-0.4, -0.2) is 53.4 Å². The van der Waals surface area contributed by atoms with Gasteiger partial charge in [0.2, 0.25) is 0 Å². The Kier molecular flexibility index (Phi) is 5.22. The molecule has 0 unspecified atom stereocenters. The maximum atomic E-state index is 12.9. The molecule has 5 heteroatoms. The molecule has 1 aliphatic heterocycles. The van der Waals surface area contributed by atoms with E-state index in [0.29, 0.717) is 6.54 Å². The molecule has 1 fully saturated rings. The summed E-state index contributed by atoms with van der Waals surface area (Å²) in [5.74, 6) is 2.76. The third kappa shape index (κ3) is 3.76. The largest absolute Gasteiger partial charge is 0.335 e. The second kappa shape index (κ2) is 7.38. The van der Waals surface area contributed by atoms with E-state index in [9.17, 15) is 4.79 Å². The number of carbonyl (C=O) groups is 1. The van der Waals surface area contributed by atoms with Gasteiger partial charge in [-0.25, -0.2) is 4.98 Å². The Morgan fingerprint density at radius 1 is 1.24 bits per heavy atom. The van der Waals surface area contributed by atoms with Crippen LogP contribution in [0.25, 0.3) is 10.6 Å². The first-order valence-electron chi connectivity index (χ1n) is 8.49. The van der Waals surface area contributed by atoms with Gasteiger partial charge in [-0.15, -0.1) is 17.8 Å². The van der Waals surface area contributed by atoms with Crippen molar-refractivity contribution in [2.45, 2.75) is 20.8 Å². The summed E-state index contributed by atoms with van der Waals surface area (Å²) >= 11 is 1.50. The van der Waals surface area contributed by atoms with Gasteiger partial charge >= 0.3 is 0 Å². The fourth-order valence-corrected chi connectivity index (χ4v) is 4.27. The van der Waals surface area contributed by atoms with E-state index in [1.54, 1.807) is 0 Å². The summed E-state index contributed by atoms with van der Waals surface area (Å²) in [6, 6.07) is 6.33. The number of hydrogen-bond donors (Lipinski definition) is 0. The Hall–Kier alpha value is -2.16. The quantitative estimate of drug-likeness (QED) is 0.796. The number of carbonyl (C=O) groups excluding carboxylic acids is 1. The monoisotopic (exact) mass is 353 g/mol. The first kappa shape index (κ1) is 17.7. The summed E-state index contributed by atoms with van der Waals surface area (Å²) in [4.78, 5) is 22.4. The van der Waals surface area contributed by atoms with Gasteiger partial charge in [0.05, 0.1) is 12.2 Å². The van der Waals surface area contributed by atoms with E-state index >= 15 is 0 Å². The van der Waals surface area contributed by atoms with Gasteiger partial charge < -0.3 is 4.90 Å². The van der Waals surface area contributed by atoms with Crippen LogP contribution in [0.15, 0.2) is 18.2 Å². The number of piperazine rings is 1. The lowest BCUT2D eigenvalue weighted by Gasteiger charge is -2.33. The van der Waals surface area contributed by atoms with Crippen molar-refractivity contribution >= 4 is 17.2 Å². The zero-order valence-electron chi connectivity index (χ0n) is 15.0. The Labute approximate surface area is 153 Å². The minimum absolute atomic E-state index is 0.0892. The molecular formula is C20H23N3OS. The van der Waals surface area contributed by atoms with Crippen LogP contribution < -0.4 is 0 Å². The van der Waals surface area contributed by atoms with Crippen LogP contribution in [0.1, 0.15) is 26.5 Å². The third-order valence-corrected chi connectivity index (χ3v) is 5.76. The molecule has 0 atom stereocenters. The smallest absolute Gasteiger partial charge is 0.265 e. The fourth-order valence-electron chi connectivity index (χ4n) is 3.15. The molecule has 2 aromatic rings. The van der Waals surface area contributed by atoms with Crippen molar-refractivity contribution in [2.75, 3.05) is 32.7 Å². The molecule has 1 saturated heterocycles. The van der Waals surface area contributed by atoms with Crippen LogP contribution in [0.2, 0.25) is 0 Å². The molecule has 0 radical (unpaired) electrons. The Morgan fingerprint density at radius 2 is 1.96 bits per heavy atom. The molecule has 0 N–H and O–H groups in total. The van der Waals surface area contributed by atoms with Gasteiger partial charge in [-0.05, 0) is 26.3 Å². The van der Waals surface area contributed by atoms with Crippen LogP contribution >= 0.6 is 11.3 Å². The number of aryl methyl sites for hydroxylation is 3. The second-order valence-electron chi connectivity index (χ2n) is 6.52. The van der Waals surface area contributed by atoms with E-state index in [2.05, 4.69) is 47.9 Å². The van der Waals surface area contributed by atoms with Gasteiger partial charge in [-0.3, -0.25) is 9.69 Å². The molecule has 0 saturated carbocycles. The van der Waals surface area contributed by atoms with Gasteiger partial charge in [-0.1, -0.05) is 29.7 Å². The number of terminal acetylenes is 1. The average Bonchev–Trinajstić information content (AvgIpc) is 2.96. The number of thiazole rings is 1. The van der Waals surface area contributed by atoms with Crippen molar-refractivity contribution in [3.8, 4) is 22.9 Å². The van der Waals surface area contributed by atoms with Crippen molar-refractivity contribution in [1.82, 2.24) is 14.8 Å². The van der Waals surface area contributed by atoms with E-state index in [1.165, 1.54) is 22.5 Å². The summed E-state index contributed by atoms with van der Waals surface area (Å²) in [6.07, 6.45) is 5.37.